The van der Waals surface area contributed by atoms with Gasteiger partial charge in [0.25, 0.3) is 0 Å². The first kappa shape index (κ1) is 18.3. The fourth-order valence-corrected chi connectivity index (χ4v) is 3.41. The Labute approximate surface area is 170 Å². The number of imidazole rings is 1. The van der Waals surface area contributed by atoms with Gasteiger partial charge in [-0.25, -0.2) is 4.98 Å². The predicted octanol–water partition coefficient (Wildman–Crippen LogP) is 5.18. The molecular weight excluding hydrogens is 418 g/mol. The van der Waals surface area contributed by atoms with Crippen LogP contribution >= 0.6 is 15.9 Å². The molecule has 1 aromatic heterocycles. The van der Waals surface area contributed by atoms with E-state index in [1.54, 1.807) is 7.11 Å². The molecule has 5 nitrogen and oxygen atoms in total. The number of aromatic nitrogens is 2. The number of carbonyl (C=O) groups is 1. The number of fused-ring (bicyclic) bond motifs is 1. The Morgan fingerprint density at radius 3 is 2.64 bits per heavy atom. The number of methoxy groups -OCH3 is 1. The second kappa shape index (κ2) is 7.86. The smallest absolute Gasteiger partial charge is 0.228 e. The van der Waals surface area contributed by atoms with Gasteiger partial charge in [-0.15, -0.1) is 0 Å². The molecule has 3 aromatic carbocycles. The number of H-pyrrole nitrogens is 1. The molecule has 0 radical (unpaired) electrons. The largest absolute Gasteiger partial charge is 0.496 e. The molecule has 0 saturated carbocycles. The van der Waals surface area contributed by atoms with Gasteiger partial charge in [-0.2, -0.15) is 0 Å². The zero-order chi connectivity index (χ0) is 19.5. The first-order valence-electron chi connectivity index (χ1n) is 8.80. The molecule has 28 heavy (non-hydrogen) atoms. The fourth-order valence-electron chi connectivity index (χ4n) is 3.01. The summed E-state index contributed by atoms with van der Waals surface area (Å²) in [7, 11) is 1.60. The third-order valence-corrected chi connectivity index (χ3v) is 5.07. The van der Waals surface area contributed by atoms with Crippen molar-refractivity contribution in [1.29, 1.82) is 0 Å². The normalized spacial score (nSPS) is 10.8. The lowest BCUT2D eigenvalue weighted by atomic mass is 10.1. The van der Waals surface area contributed by atoms with E-state index < -0.39 is 0 Å². The van der Waals surface area contributed by atoms with Crippen LogP contribution < -0.4 is 10.1 Å². The molecular formula is C22H18BrN3O2. The minimum atomic E-state index is -0.0825. The summed E-state index contributed by atoms with van der Waals surface area (Å²) in [4.78, 5) is 20.3. The Morgan fingerprint density at radius 1 is 1.11 bits per heavy atom. The van der Waals surface area contributed by atoms with Gasteiger partial charge in [0.15, 0.2) is 0 Å². The van der Waals surface area contributed by atoms with Gasteiger partial charge in [0.05, 0.1) is 29.0 Å². The van der Waals surface area contributed by atoms with E-state index in [2.05, 4.69) is 31.2 Å². The van der Waals surface area contributed by atoms with Crippen molar-refractivity contribution in [3.63, 3.8) is 0 Å². The van der Waals surface area contributed by atoms with Crippen LogP contribution in [-0.2, 0) is 11.2 Å². The van der Waals surface area contributed by atoms with E-state index in [9.17, 15) is 4.79 Å². The number of ether oxygens (including phenoxy) is 1. The summed E-state index contributed by atoms with van der Waals surface area (Å²) in [5.74, 6) is 1.43. The Hall–Kier alpha value is -3.12. The van der Waals surface area contributed by atoms with Crippen molar-refractivity contribution < 1.29 is 9.53 Å². The van der Waals surface area contributed by atoms with Crippen molar-refractivity contribution >= 4 is 38.6 Å². The molecule has 0 aliphatic carbocycles. The zero-order valence-corrected chi connectivity index (χ0v) is 16.8. The van der Waals surface area contributed by atoms with E-state index >= 15 is 0 Å². The summed E-state index contributed by atoms with van der Waals surface area (Å²) >= 11 is 3.41. The number of carbonyl (C=O) groups excluding carboxylic acids is 1. The van der Waals surface area contributed by atoms with Gasteiger partial charge in [-0.1, -0.05) is 18.2 Å². The average molecular weight is 436 g/mol. The number of nitrogens with one attached hydrogen (secondary N) is 2. The number of halogens is 1. The van der Waals surface area contributed by atoms with Crippen molar-refractivity contribution in [1.82, 2.24) is 9.97 Å². The molecule has 4 aromatic rings. The van der Waals surface area contributed by atoms with E-state index in [-0.39, 0.29) is 12.3 Å². The van der Waals surface area contributed by atoms with Gasteiger partial charge in [-0.3, -0.25) is 4.79 Å². The van der Waals surface area contributed by atoms with Crippen LogP contribution in [0.25, 0.3) is 22.4 Å². The van der Waals surface area contributed by atoms with Crippen molar-refractivity contribution in [2.45, 2.75) is 6.42 Å². The average Bonchev–Trinajstić information content (AvgIpc) is 3.14. The zero-order valence-electron chi connectivity index (χ0n) is 15.2. The van der Waals surface area contributed by atoms with Crippen LogP contribution in [0, 0.1) is 0 Å². The number of hydrogen-bond acceptors (Lipinski definition) is 3. The topological polar surface area (TPSA) is 67.0 Å². The molecule has 0 bridgehead atoms. The predicted molar refractivity (Wildman–Crippen MR) is 115 cm³/mol. The first-order chi connectivity index (χ1) is 13.6. The number of rotatable bonds is 5. The third-order valence-electron chi connectivity index (χ3n) is 4.41. The lowest BCUT2D eigenvalue weighted by molar-refractivity contribution is -0.115. The van der Waals surface area contributed by atoms with Gasteiger partial charge in [0.2, 0.25) is 5.91 Å². The molecule has 0 spiro atoms. The molecule has 4 rings (SSSR count). The maximum absolute atomic E-state index is 12.4. The maximum atomic E-state index is 12.4. The molecule has 1 amide bonds. The van der Waals surface area contributed by atoms with Crippen LogP contribution in [0.15, 0.2) is 71.2 Å². The van der Waals surface area contributed by atoms with Gasteiger partial charge in [-0.05, 0) is 70.0 Å². The van der Waals surface area contributed by atoms with Crippen LogP contribution in [0.2, 0.25) is 0 Å². The highest BCUT2D eigenvalue weighted by atomic mass is 79.9. The molecule has 0 aliphatic rings. The summed E-state index contributed by atoms with van der Waals surface area (Å²) in [5, 5.41) is 2.93. The third kappa shape index (κ3) is 3.92. The summed E-state index contributed by atoms with van der Waals surface area (Å²) in [5.41, 5.74) is 4.52. The van der Waals surface area contributed by atoms with E-state index in [0.717, 1.165) is 38.1 Å². The van der Waals surface area contributed by atoms with E-state index in [1.807, 2.05) is 66.7 Å². The number of nitrogens with zero attached hydrogens (tertiary/aromatic N) is 1. The summed E-state index contributed by atoms with van der Waals surface area (Å²) in [6.45, 7) is 0. The Balaban J connectivity index is 1.44. The van der Waals surface area contributed by atoms with Gasteiger partial charge in [0, 0.05) is 11.3 Å². The number of benzene rings is 3. The standard InChI is InChI=1S/C22H18BrN3O2/c1-28-20-12-14(6-11-17(20)23)13-21(27)24-16-9-7-15(8-10-16)22-25-18-4-2-3-5-19(18)26-22/h2-12H,13H2,1H3,(H,24,27)(H,25,26). The van der Waals surface area contributed by atoms with Gasteiger partial charge in [0.1, 0.15) is 11.6 Å². The first-order valence-corrected chi connectivity index (χ1v) is 9.59. The highest BCUT2D eigenvalue weighted by Crippen LogP contribution is 2.26. The van der Waals surface area contributed by atoms with Gasteiger partial charge < -0.3 is 15.0 Å². The second-order valence-electron chi connectivity index (χ2n) is 6.37. The number of aromatic amines is 1. The SMILES string of the molecule is COc1cc(CC(=O)Nc2ccc(-c3nc4ccccc4[nH]3)cc2)ccc1Br. The van der Waals surface area contributed by atoms with E-state index in [1.165, 1.54) is 0 Å². The number of amides is 1. The molecule has 6 heteroatoms. The molecule has 1 heterocycles. The Morgan fingerprint density at radius 2 is 1.89 bits per heavy atom. The summed E-state index contributed by atoms with van der Waals surface area (Å²) in [6, 6.07) is 21.2. The molecule has 0 atom stereocenters. The quantitative estimate of drug-likeness (QED) is 0.453. The van der Waals surface area contributed by atoms with Crippen molar-refractivity contribution in [2.75, 3.05) is 12.4 Å². The second-order valence-corrected chi connectivity index (χ2v) is 7.23. The lowest BCUT2D eigenvalue weighted by Crippen LogP contribution is -2.14. The van der Waals surface area contributed by atoms with Crippen LogP contribution in [-0.4, -0.2) is 23.0 Å². The van der Waals surface area contributed by atoms with Crippen molar-refractivity contribution in [3.8, 4) is 17.1 Å². The number of anilines is 1. The Bertz CT molecular complexity index is 1100. The highest BCUT2D eigenvalue weighted by molar-refractivity contribution is 9.10. The summed E-state index contributed by atoms with van der Waals surface area (Å²) in [6.07, 6.45) is 0.273. The van der Waals surface area contributed by atoms with Gasteiger partial charge >= 0.3 is 0 Å². The van der Waals surface area contributed by atoms with Crippen LogP contribution in [0.1, 0.15) is 5.56 Å². The number of hydrogen-bond donors (Lipinski definition) is 2. The van der Waals surface area contributed by atoms with Crippen molar-refractivity contribution in [3.05, 3.63) is 76.8 Å². The molecule has 0 aliphatic heterocycles. The Kier molecular flexibility index (Phi) is 5.12. The molecule has 2 N–H and O–H groups in total. The van der Waals surface area contributed by atoms with Crippen molar-refractivity contribution in [2.24, 2.45) is 0 Å². The highest BCUT2D eigenvalue weighted by Gasteiger charge is 2.09. The molecule has 0 saturated heterocycles. The minimum Gasteiger partial charge on any atom is -0.496 e. The lowest BCUT2D eigenvalue weighted by Gasteiger charge is -2.08. The summed E-state index contributed by atoms with van der Waals surface area (Å²) < 4.78 is 6.14. The monoisotopic (exact) mass is 435 g/mol. The maximum Gasteiger partial charge on any atom is 0.228 e. The fraction of sp³-hybridized carbons (Fsp3) is 0.0909. The van der Waals surface area contributed by atoms with E-state index in [4.69, 9.17) is 4.74 Å². The van der Waals surface area contributed by atoms with Crippen LogP contribution in [0.3, 0.4) is 0 Å². The van der Waals surface area contributed by atoms with E-state index in [0.29, 0.717) is 5.75 Å². The minimum absolute atomic E-state index is 0.0825. The van der Waals surface area contributed by atoms with Crippen LogP contribution in [0.4, 0.5) is 5.69 Å². The molecule has 140 valence electrons. The number of para-hydroxylation sites is 2. The molecule has 0 fully saturated rings. The van der Waals surface area contributed by atoms with Crippen LogP contribution in [0.5, 0.6) is 5.75 Å². The molecule has 0 unspecified atom stereocenters.